The third-order valence-corrected chi connectivity index (χ3v) is 3.27. The summed E-state index contributed by atoms with van der Waals surface area (Å²) in [5, 5.41) is 12.1. The van der Waals surface area contributed by atoms with Gasteiger partial charge in [-0.2, -0.15) is 4.80 Å². The van der Waals surface area contributed by atoms with E-state index in [1.54, 1.807) is 7.05 Å². The van der Waals surface area contributed by atoms with Crippen molar-refractivity contribution >= 4 is 0 Å². The van der Waals surface area contributed by atoms with Crippen LogP contribution < -0.4 is 5.73 Å². The third-order valence-electron chi connectivity index (χ3n) is 3.27. The smallest absolute Gasteiger partial charge is 0.188 e. The van der Waals surface area contributed by atoms with Crippen molar-refractivity contribution in [2.24, 2.45) is 18.7 Å². The van der Waals surface area contributed by atoms with E-state index >= 15 is 0 Å². The van der Waals surface area contributed by atoms with Crippen LogP contribution in [0, 0.1) is 5.92 Å². The molecule has 1 aliphatic rings. The summed E-state index contributed by atoms with van der Waals surface area (Å²) in [5.74, 6) is 1.56. The first-order chi connectivity index (χ1) is 7.69. The fraction of sp³-hybridized carbons (Fsp3) is 0.900. The SMILES string of the molecule is CC1CCN(Cc2nnn(C)n2)C(CN)C1. The van der Waals surface area contributed by atoms with Gasteiger partial charge in [0, 0.05) is 12.6 Å². The lowest BCUT2D eigenvalue weighted by molar-refractivity contribution is 0.112. The summed E-state index contributed by atoms with van der Waals surface area (Å²) in [6.07, 6.45) is 2.41. The molecule has 1 fully saturated rings. The fourth-order valence-electron chi connectivity index (χ4n) is 2.32. The number of hydrogen-bond donors (Lipinski definition) is 1. The second kappa shape index (κ2) is 4.88. The minimum Gasteiger partial charge on any atom is -0.329 e. The Hall–Kier alpha value is -1.01. The second-order valence-corrected chi connectivity index (χ2v) is 4.68. The molecule has 0 saturated carbocycles. The van der Waals surface area contributed by atoms with Crippen LogP contribution in [0.25, 0.3) is 0 Å². The average molecular weight is 224 g/mol. The van der Waals surface area contributed by atoms with E-state index in [0.29, 0.717) is 12.6 Å². The first kappa shape index (κ1) is 11.5. The van der Waals surface area contributed by atoms with E-state index < -0.39 is 0 Å². The molecule has 1 aromatic rings. The van der Waals surface area contributed by atoms with Gasteiger partial charge in [0.05, 0.1) is 13.6 Å². The minimum atomic E-state index is 0.465. The Morgan fingerprint density at radius 2 is 2.31 bits per heavy atom. The molecule has 6 heteroatoms. The number of aromatic nitrogens is 4. The van der Waals surface area contributed by atoms with Crippen molar-refractivity contribution in [1.82, 2.24) is 25.1 Å². The van der Waals surface area contributed by atoms with Gasteiger partial charge in [0.2, 0.25) is 0 Å². The molecule has 0 spiro atoms. The number of nitrogens with zero attached hydrogens (tertiary/aromatic N) is 5. The number of piperidine rings is 1. The van der Waals surface area contributed by atoms with Gasteiger partial charge in [-0.3, -0.25) is 4.90 Å². The summed E-state index contributed by atoms with van der Waals surface area (Å²) < 4.78 is 0. The molecule has 0 amide bonds. The highest BCUT2D eigenvalue weighted by atomic mass is 15.6. The van der Waals surface area contributed by atoms with Crippen LogP contribution in [0.5, 0.6) is 0 Å². The zero-order valence-electron chi connectivity index (χ0n) is 10.0. The van der Waals surface area contributed by atoms with E-state index in [2.05, 4.69) is 27.2 Å². The zero-order valence-corrected chi connectivity index (χ0v) is 10.0. The van der Waals surface area contributed by atoms with E-state index in [0.717, 1.165) is 24.8 Å². The molecule has 2 atom stereocenters. The monoisotopic (exact) mass is 224 g/mol. The second-order valence-electron chi connectivity index (χ2n) is 4.68. The van der Waals surface area contributed by atoms with Crippen molar-refractivity contribution in [1.29, 1.82) is 0 Å². The highest BCUT2D eigenvalue weighted by Gasteiger charge is 2.26. The maximum absolute atomic E-state index is 5.81. The topological polar surface area (TPSA) is 72.9 Å². The molecule has 6 nitrogen and oxygen atoms in total. The van der Waals surface area contributed by atoms with Gasteiger partial charge in [-0.05, 0) is 30.5 Å². The lowest BCUT2D eigenvalue weighted by atomic mass is 9.92. The summed E-state index contributed by atoms with van der Waals surface area (Å²) >= 11 is 0. The molecule has 0 aliphatic carbocycles. The van der Waals surface area contributed by atoms with Crippen LogP contribution in [0.1, 0.15) is 25.6 Å². The molecule has 0 aromatic carbocycles. The number of aryl methyl sites for hydroxylation is 1. The minimum absolute atomic E-state index is 0.465. The summed E-state index contributed by atoms with van der Waals surface area (Å²) in [4.78, 5) is 3.87. The van der Waals surface area contributed by atoms with Crippen LogP contribution in [0.3, 0.4) is 0 Å². The molecule has 0 radical (unpaired) electrons. The van der Waals surface area contributed by atoms with Crippen LogP contribution in [0.2, 0.25) is 0 Å². The van der Waals surface area contributed by atoms with Crippen molar-refractivity contribution in [2.45, 2.75) is 32.4 Å². The Morgan fingerprint density at radius 1 is 1.50 bits per heavy atom. The Bertz CT molecular complexity index is 336. The zero-order chi connectivity index (χ0) is 11.5. The lowest BCUT2D eigenvalue weighted by Gasteiger charge is -2.37. The molecule has 1 aromatic heterocycles. The third kappa shape index (κ3) is 2.56. The van der Waals surface area contributed by atoms with Gasteiger partial charge in [-0.25, -0.2) is 0 Å². The quantitative estimate of drug-likeness (QED) is 0.767. The van der Waals surface area contributed by atoms with Gasteiger partial charge >= 0.3 is 0 Å². The van der Waals surface area contributed by atoms with E-state index in [1.165, 1.54) is 17.6 Å². The number of likely N-dealkylation sites (tertiary alicyclic amines) is 1. The number of nitrogens with two attached hydrogens (primary N) is 1. The van der Waals surface area contributed by atoms with Gasteiger partial charge in [0.25, 0.3) is 0 Å². The molecule has 0 bridgehead atoms. The van der Waals surface area contributed by atoms with Crippen LogP contribution in [-0.2, 0) is 13.6 Å². The van der Waals surface area contributed by atoms with Gasteiger partial charge < -0.3 is 5.73 Å². The maximum Gasteiger partial charge on any atom is 0.188 e. The number of hydrogen-bond acceptors (Lipinski definition) is 5. The predicted octanol–water partition coefficient (Wildman–Crippen LogP) is -0.231. The van der Waals surface area contributed by atoms with Crippen LogP contribution in [0.15, 0.2) is 0 Å². The van der Waals surface area contributed by atoms with Crippen LogP contribution in [-0.4, -0.2) is 44.2 Å². The highest BCUT2D eigenvalue weighted by Crippen LogP contribution is 2.22. The molecule has 1 aliphatic heterocycles. The Labute approximate surface area is 95.8 Å². The normalized spacial score (nSPS) is 27.2. The molecule has 1 saturated heterocycles. The van der Waals surface area contributed by atoms with Gasteiger partial charge in [-0.1, -0.05) is 6.92 Å². The lowest BCUT2D eigenvalue weighted by Crippen LogP contribution is -2.45. The molecule has 90 valence electrons. The Balaban J connectivity index is 1.97. The molecule has 16 heavy (non-hydrogen) atoms. The first-order valence-electron chi connectivity index (χ1n) is 5.86. The van der Waals surface area contributed by atoms with E-state index in [1.807, 2.05) is 0 Å². The Morgan fingerprint density at radius 3 is 2.94 bits per heavy atom. The fourth-order valence-corrected chi connectivity index (χ4v) is 2.32. The van der Waals surface area contributed by atoms with Crippen LogP contribution >= 0.6 is 0 Å². The summed E-state index contributed by atoms with van der Waals surface area (Å²) in [6.45, 7) is 4.86. The van der Waals surface area contributed by atoms with Crippen molar-refractivity contribution < 1.29 is 0 Å². The van der Waals surface area contributed by atoms with Gasteiger partial charge in [0.15, 0.2) is 5.82 Å². The van der Waals surface area contributed by atoms with Crippen molar-refractivity contribution in [3.63, 3.8) is 0 Å². The summed E-state index contributed by atoms with van der Waals surface area (Å²) in [5.41, 5.74) is 5.81. The molecule has 2 rings (SSSR count). The predicted molar refractivity (Wildman–Crippen MR) is 60.4 cm³/mol. The van der Waals surface area contributed by atoms with Crippen LogP contribution in [0.4, 0.5) is 0 Å². The molecular weight excluding hydrogens is 204 g/mol. The van der Waals surface area contributed by atoms with E-state index in [4.69, 9.17) is 5.73 Å². The number of tetrazole rings is 1. The largest absolute Gasteiger partial charge is 0.329 e. The van der Waals surface area contributed by atoms with Crippen molar-refractivity contribution in [3.05, 3.63) is 5.82 Å². The van der Waals surface area contributed by atoms with Crippen molar-refractivity contribution in [2.75, 3.05) is 13.1 Å². The van der Waals surface area contributed by atoms with E-state index in [-0.39, 0.29) is 0 Å². The molecule has 2 unspecified atom stereocenters. The molecule has 2 heterocycles. The summed E-state index contributed by atoms with van der Waals surface area (Å²) in [7, 11) is 1.79. The van der Waals surface area contributed by atoms with Gasteiger partial charge in [0.1, 0.15) is 0 Å². The highest BCUT2D eigenvalue weighted by molar-refractivity contribution is 4.85. The van der Waals surface area contributed by atoms with Gasteiger partial charge in [-0.15, -0.1) is 10.2 Å². The summed E-state index contributed by atoms with van der Waals surface area (Å²) in [6, 6.07) is 0.465. The molecule has 2 N–H and O–H groups in total. The van der Waals surface area contributed by atoms with Crippen molar-refractivity contribution in [3.8, 4) is 0 Å². The standard InChI is InChI=1S/C10H20N6/c1-8-3-4-16(9(5-8)6-11)7-10-12-14-15(2)13-10/h8-9H,3-7,11H2,1-2H3. The first-order valence-corrected chi connectivity index (χ1v) is 5.86. The van der Waals surface area contributed by atoms with E-state index in [9.17, 15) is 0 Å². The molecular formula is C10H20N6. The maximum atomic E-state index is 5.81. The average Bonchev–Trinajstić information content (AvgIpc) is 2.67. The number of rotatable bonds is 3. The Kier molecular flexibility index (Phi) is 3.50.